The highest BCUT2D eigenvalue weighted by Gasteiger charge is 2.20. The Balaban J connectivity index is 1.59. The minimum absolute atomic E-state index is 0.0666. The highest BCUT2D eigenvalue weighted by atomic mass is 16.5. The van der Waals surface area contributed by atoms with E-state index >= 15 is 0 Å². The van der Waals surface area contributed by atoms with Gasteiger partial charge >= 0.3 is 0 Å². The Morgan fingerprint density at radius 2 is 1.44 bits per heavy atom. The second-order valence-corrected chi connectivity index (χ2v) is 6.95. The molecule has 2 aromatic heterocycles. The van der Waals surface area contributed by atoms with E-state index in [0.29, 0.717) is 16.9 Å². The van der Waals surface area contributed by atoms with Gasteiger partial charge in [0.05, 0.1) is 18.5 Å². The Kier molecular flexibility index (Phi) is 5.89. The normalized spacial score (nSPS) is 10.4. The summed E-state index contributed by atoms with van der Waals surface area (Å²) in [5.41, 5.74) is 9.35. The third-order valence-electron chi connectivity index (χ3n) is 4.95. The van der Waals surface area contributed by atoms with Gasteiger partial charge in [0, 0.05) is 29.7 Å². The largest absolute Gasteiger partial charge is 0.497 e. The highest BCUT2D eigenvalue weighted by molar-refractivity contribution is 6.16. The van der Waals surface area contributed by atoms with Gasteiger partial charge in [-0.05, 0) is 65.7 Å². The van der Waals surface area contributed by atoms with Crippen molar-refractivity contribution in [3.8, 4) is 16.9 Å². The lowest BCUT2D eigenvalue weighted by atomic mass is 10.0. The molecule has 0 spiro atoms. The van der Waals surface area contributed by atoms with Gasteiger partial charge in [0.25, 0.3) is 5.91 Å². The maximum absolute atomic E-state index is 13.0. The number of nitrogens with one attached hydrogen (secondary N) is 1. The molecular weight excluding hydrogens is 404 g/mol. The molecule has 32 heavy (non-hydrogen) atoms. The zero-order valence-corrected chi connectivity index (χ0v) is 17.3. The van der Waals surface area contributed by atoms with Crippen molar-refractivity contribution < 1.29 is 14.3 Å². The fourth-order valence-electron chi connectivity index (χ4n) is 3.20. The maximum atomic E-state index is 13.0. The topological polar surface area (TPSA) is 107 Å². The van der Waals surface area contributed by atoms with Crippen LogP contribution < -0.4 is 15.8 Å². The van der Waals surface area contributed by atoms with Gasteiger partial charge in [-0.15, -0.1) is 0 Å². The number of nitrogen functional groups attached to an aromatic ring is 1. The van der Waals surface area contributed by atoms with Crippen molar-refractivity contribution >= 4 is 23.1 Å². The molecule has 0 unspecified atom stereocenters. The number of hydrogen-bond donors (Lipinski definition) is 2. The summed E-state index contributed by atoms with van der Waals surface area (Å²) in [7, 11) is 1.55. The molecule has 7 heteroatoms. The molecule has 0 atom stereocenters. The number of benzene rings is 2. The van der Waals surface area contributed by atoms with Crippen LogP contribution in [0.5, 0.6) is 5.75 Å². The molecule has 3 N–H and O–H groups in total. The van der Waals surface area contributed by atoms with Crippen molar-refractivity contribution in [3.63, 3.8) is 0 Å². The lowest BCUT2D eigenvalue weighted by molar-refractivity contribution is 0.102. The van der Waals surface area contributed by atoms with Gasteiger partial charge in [-0.25, -0.2) is 0 Å². The van der Waals surface area contributed by atoms with E-state index in [9.17, 15) is 9.59 Å². The minimum atomic E-state index is -0.394. The van der Waals surface area contributed by atoms with Gasteiger partial charge in [0.1, 0.15) is 11.4 Å². The number of nitrogens with two attached hydrogens (primary N) is 1. The molecule has 2 heterocycles. The third-order valence-corrected chi connectivity index (χ3v) is 4.95. The van der Waals surface area contributed by atoms with E-state index in [1.165, 1.54) is 12.3 Å². The number of amides is 1. The molecule has 0 bridgehead atoms. The van der Waals surface area contributed by atoms with Crippen molar-refractivity contribution in [2.45, 2.75) is 0 Å². The Morgan fingerprint density at radius 3 is 2.09 bits per heavy atom. The van der Waals surface area contributed by atoms with Gasteiger partial charge < -0.3 is 15.8 Å². The molecule has 0 saturated carbocycles. The van der Waals surface area contributed by atoms with Crippen LogP contribution in [0.25, 0.3) is 11.1 Å². The van der Waals surface area contributed by atoms with Crippen molar-refractivity contribution in [3.05, 3.63) is 102 Å². The van der Waals surface area contributed by atoms with Crippen molar-refractivity contribution in [2.24, 2.45) is 0 Å². The fraction of sp³-hybridized carbons (Fsp3) is 0.0400. The number of pyridine rings is 2. The zero-order valence-electron chi connectivity index (χ0n) is 17.3. The Hall–Kier alpha value is -4.52. The number of nitrogens with zero attached hydrogens (tertiary/aromatic N) is 2. The summed E-state index contributed by atoms with van der Waals surface area (Å²) in [5, 5.41) is 2.75. The number of hydrogen-bond acceptors (Lipinski definition) is 6. The molecule has 1 amide bonds. The highest BCUT2D eigenvalue weighted by Crippen LogP contribution is 2.26. The summed E-state index contributed by atoms with van der Waals surface area (Å²) in [6.07, 6.45) is 4.86. The fourth-order valence-corrected chi connectivity index (χ4v) is 3.20. The smallest absolute Gasteiger partial charge is 0.255 e. The van der Waals surface area contributed by atoms with Gasteiger partial charge in [-0.3, -0.25) is 19.6 Å². The van der Waals surface area contributed by atoms with E-state index in [1.807, 2.05) is 24.3 Å². The van der Waals surface area contributed by atoms with Crippen LogP contribution in [0.15, 0.2) is 85.3 Å². The first kappa shape index (κ1) is 20.7. The lowest BCUT2D eigenvalue weighted by Gasteiger charge is -2.13. The van der Waals surface area contributed by atoms with Crippen LogP contribution in [0.4, 0.5) is 11.4 Å². The predicted octanol–water partition coefficient (Wildman–Crippen LogP) is 4.22. The molecular formula is C25H20N4O3. The molecule has 0 aliphatic rings. The average molecular weight is 424 g/mol. The van der Waals surface area contributed by atoms with Crippen molar-refractivity contribution in [1.29, 1.82) is 0 Å². The van der Waals surface area contributed by atoms with Crippen LogP contribution in [0, 0.1) is 0 Å². The van der Waals surface area contributed by atoms with Crippen molar-refractivity contribution in [1.82, 2.24) is 9.97 Å². The maximum Gasteiger partial charge on any atom is 0.255 e. The molecule has 4 rings (SSSR count). The number of aromatic nitrogens is 2. The number of ketones is 1. The van der Waals surface area contributed by atoms with E-state index < -0.39 is 5.91 Å². The first-order chi connectivity index (χ1) is 15.6. The molecule has 0 aliphatic carbocycles. The van der Waals surface area contributed by atoms with Crippen LogP contribution in [0.3, 0.4) is 0 Å². The van der Waals surface area contributed by atoms with E-state index in [-0.39, 0.29) is 22.9 Å². The Bertz CT molecular complexity index is 1250. The van der Waals surface area contributed by atoms with Gasteiger partial charge in [0.15, 0.2) is 0 Å². The standard InChI is InChI=1S/C25H20N4O3/c1-32-20-8-6-18(7-9-20)24(30)23-22(21(26)12-15-28-23)29-25(31)19-4-2-16(3-5-19)17-10-13-27-14-11-17/h2-15H,1H3,(H2,26,28)(H,29,31). The summed E-state index contributed by atoms with van der Waals surface area (Å²) in [4.78, 5) is 34.1. The van der Waals surface area contributed by atoms with E-state index in [0.717, 1.165) is 11.1 Å². The summed E-state index contributed by atoms with van der Waals surface area (Å²) in [6.45, 7) is 0. The summed E-state index contributed by atoms with van der Waals surface area (Å²) >= 11 is 0. The molecule has 0 aliphatic heterocycles. The second-order valence-electron chi connectivity index (χ2n) is 6.95. The molecule has 0 radical (unpaired) electrons. The predicted molar refractivity (Wildman–Crippen MR) is 123 cm³/mol. The number of ether oxygens (including phenoxy) is 1. The van der Waals surface area contributed by atoms with E-state index in [4.69, 9.17) is 10.5 Å². The summed E-state index contributed by atoms with van der Waals surface area (Å²) in [5.74, 6) is -0.121. The van der Waals surface area contributed by atoms with Crippen LogP contribution in [0.2, 0.25) is 0 Å². The molecule has 0 fully saturated rings. The van der Waals surface area contributed by atoms with Gasteiger partial charge in [0.2, 0.25) is 5.78 Å². The van der Waals surface area contributed by atoms with Crippen LogP contribution >= 0.6 is 0 Å². The number of carbonyl (C=O) groups excluding carboxylic acids is 2. The van der Waals surface area contributed by atoms with Crippen LogP contribution in [-0.4, -0.2) is 28.8 Å². The van der Waals surface area contributed by atoms with Gasteiger partial charge in [-0.1, -0.05) is 12.1 Å². The minimum Gasteiger partial charge on any atom is -0.497 e. The quantitative estimate of drug-likeness (QED) is 0.449. The first-order valence-electron chi connectivity index (χ1n) is 9.82. The zero-order chi connectivity index (χ0) is 22.5. The van der Waals surface area contributed by atoms with Crippen LogP contribution in [-0.2, 0) is 0 Å². The Morgan fingerprint density at radius 1 is 0.812 bits per heavy atom. The number of methoxy groups -OCH3 is 1. The van der Waals surface area contributed by atoms with Crippen molar-refractivity contribution in [2.75, 3.05) is 18.2 Å². The molecule has 0 saturated heterocycles. The number of carbonyl (C=O) groups is 2. The number of anilines is 2. The average Bonchev–Trinajstić information content (AvgIpc) is 2.85. The second kappa shape index (κ2) is 9.09. The summed E-state index contributed by atoms with van der Waals surface area (Å²) in [6, 6.07) is 19.1. The summed E-state index contributed by atoms with van der Waals surface area (Å²) < 4.78 is 5.13. The van der Waals surface area contributed by atoms with Crippen LogP contribution in [0.1, 0.15) is 26.4 Å². The van der Waals surface area contributed by atoms with E-state index in [1.54, 1.807) is 55.9 Å². The monoisotopic (exact) mass is 424 g/mol. The van der Waals surface area contributed by atoms with Gasteiger partial charge in [-0.2, -0.15) is 0 Å². The Labute approximate surface area is 184 Å². The first-order valence-corrected chi connectivity index (χ1v) is 9.82. The SMILES string of the molecule is COc1ccc(C(=O)c2nccc(N)c2NC(=O)c2ccc(-c3ccncc3)cc2)cc1. The lowest BCUT2D eigenvalue weighted by Crippen LogP contribution is -2.18. The number of rotatable bonds is 6. The third kappa shape index (κ3) is 4.32. The van der Waals surface area contributed by atoms with E-state index in [2.05, 4.69) is 15.3 Å². The molecule has 4 aromatic rings. The molecule has 7 nitrogen and oxygen atoms in total. The molecule has 158 valence electrons. The molecule has 2 aromatic carbocycles.